The van der Waals surface area contributed by atoms with Crippen molar-refractivity contribution in [2.75, 3.05) is 4.72 Å². The van der Waals surface area contributed by atoms with E-state index < -0.39 is 15.1 Å². The zero-order chi connectivity index (χ0) is 13.1. The summed E-state index contributed by atoms with van der Waals surface area (Å²) < 4.78 is 27.5. The lowest BCUT2D eigenvalue weighted by atomic mass is 10.3. The third-order valence-electron chi connectivity index (χ3n) is 1.74. The molecule has 0 aliphatic heterocycles. The quantitative estimate of drug-likeness (QED) is 0.613. The van der Waals surface area contributed by atoms with E-state index in [0.717, 1.165) is 0 Å². The topological polar surface area (TPSA) is 101 Å². The second-order valence-corrected chi connectivity index (χ2v) is 5.10. The van der Waals surface area contributed by atoms with Crippen molar-refractivity contribution in [2.45, 2.75) is 19.9 Å². The highest BCUT2D eigenvalue weighted by Gasteiger charge is 2.18. The molecule has 1 aromatic rings. The van der Waals surface area contributed by atoms with Crippen LogP contribution in [0.25, 0.3) is 0 Å². The number of hydrogen-bond acceptors (Lipinski definition) is 4. The van der Waals surface area contributed by atoms with Crippen molar-refractivity contribution in [2.24, 2.45) is 0 Å². The van der Waals surface area contributed by atoms with Crippen LogP contribution >= 0.6 is 0 Å². The van der Waals surface area contributed by atoms with Gasteiger partial charge in [0.2, 0.25) is 0 Å². The van der Waals surface area contributed by atoms with Gasteiger partial charge in [-0.05, 0) is 19.9 Å². The van der Waals surface area contributed by atoms with E-state index in [0.29, 0.717) is 0 Å². The molecule has 0 radical (unpaired) electrons. The molecule has 0 fully saturated rings. The van der Waals surface area contributed by atoms with Gasteiger partial charge in [-0.25, -0.2) is 0 Å². The largest absolute Gasteiger partial charge is 0.299 e. The highest BCUT2D eigenvalue weighted by atomic mass is 32.2. The van der Waals surface area contributed by atoms with Crippen LogP contribution in [0.15, 0.2) is 24.3 Å². The number of nitrogens with one attached hydrogen (secondary N) is 2. The Morgan fingerprint density at radius 1 is 1.29 bits per heavy atom. The number of nitro benzene ring substituents is 1. The van der Waals surface area contributed by atoms with Crippen LogP contribution in [0.2, 0.25) is 0 Å². The van der Waals surface area contributed by atoms with Crippen LogP contribution in [-0.2, 0) is 10.2 Å². The van der Waals surface area contributed by atoms with Crippen molar-refractivity contribution < 1.29 is 13.3 Å². The van der Waals surface area contributed by atoms with E-state index in [1.807, 2.05) is 0 Å². The summed E-state index contributed by atoms with van der Waals surface area (Å²) in [4.78, 5) is 10.0. The number of anilines is 1. The van der Waals surface area contributed by atoms with Crippen molar-refractivity contribution in [1.82, 2.24) is 4.72 Å². The Labute approximate surface area is 99.2 Å². The van der Waals surface area contributed by atoms with Crippen molar-refractivity contribution in [1.29, 1.82) is 0 Å². The molecule has 17 heavy (non-hydrogen) atoms. The Kier molecular flexibility index (Phi) is 4.02. The van der Waals surface area contributed by atoms with Gasteiger partial charge in [0.25, 0.3) is 15.9 Å². The van der Waals surface area contributed by atoms with Gasteiger partial charge in [0.1, 0.15) is 5.69 Å². The average Bonchev–Trinajstić information content (AvgIpc) is 2.14. The predicted molar refractivity (Wildman–Crippen MR) is 63.9 cm³/mol. The van der Waals surface area contributed by atoms with E-state index in [4.69, 9.17) is 0 Å². The molecule has 94 valence electrons. The fraction of sp³-hybridized carbons (Fsp3) is 0.333. The van der Waals surface area contributed by atoms with E-state index in [1.165, 1.54) is 24.3 Å². The summed E-state index contributed by atoms with van der Waals surface area (Å²) in [6, 6.07) is 5.24. The van der Waals surface area contributed by atoms with Gasteiger partial charge >= 0.3 is 0 Å². The third kappa shape index (κ3) is 4.00. The number of nitrogens with zero attached hydrogens (tertiary/aromatic N) is 1. The minimum Gasteiger partial charge on any atom is -0.264 e. The van der Waals surface area contributed by atoms with Crippen LogP contribution in [-0.4, -0.2) is 19.4 Å². The smallest absolute Gasteiger partial charge is 0.264 e. The molecule has 0 amide bonds. The molecule has 1 aromatic carbocycles. The lowest BCUT2D eigenvalue weighted by molar-refractivity contribution is -0.383. The van der Waals surface area contributed by atoms with E-state index in [1.54, 1.807) is 13.8 Å². The maximum absolute atomic E-state index is 11.5. The van der Waals surface area contributed by atoms with Crippen LogP contribution in [0.3, 0.4) is 0 Å². The fourth-order valence-electron chi connectivity index (χ4n) is 1.20. The van der Waals surface area contributed by atoms with Gasteiger partial charge in [-0.3, -0.25) is 14.8 Å². The molecule has 8 heteroatoms. The fourth-order valence-corrected chi connectivity index (χ4v) is 2.35. The highest BCUT2D eigenvalue weighted by molar-refractivity contribution is 7.90. The first-order valence-electron chi connectivity index (χ1n) is 4.85. The molecule has 2 N–H and O–H groups in total. The SMILES string of the molecule is CC(C)NS(=O)(=O)Nc1ccccc1[N+](=O)[O-]. The first-order chi connectivity index (χ1) is 7.82. The van der Waals surface area contributed by atoms with Crippen LogP contribution in [0.5, 0.6) is 0 Å². The summed E-state index contributed by atoms with van der Waals surface area (Å²) in [7, 11) is -3.79. The minimum atomic E-state index is -3.79. The standard InChI is InChI=1S/C9H13N3O4S/c1-7(2)10-17(15,16)11-8-5-3-4-6-9(8)12(13)14/h3-7,10-11H,1-2H3. The second kappa shape index (κ2) is 5.11. The zero-order valence-corrected chi connectivity index (χ0v) is 10.2. The van der Waals surface area contributed by atoms with E-state index >= 15 is 0 Å². The van der Waals surface area contributed by atoms with Gasteiger partial charge < -0.3 is 0 Å². The Bertz CT molecular complexity index is 513. The van der Waals surface area contributed by atoms with Gasteiger partial charge in [0.05, 0.1) is 4.92 Å². The summed E-state index contributed by atoms with van der Waals surface area (Å²) in [6.45, 7) is 3.30. The molecule has 0 atom stereocenters. The van der Waals surface area contributed by atoms with Gasteiger partial charge in [0.15, 0.2) is 0 Å². The Balaban J connectivity index is 3.00. The summed E-state index contributed by atoms with van der Waals surface area (Å²) in [5.74, 6) is 0. The second-order valence-electron chi connectivity index (χ2n) is 3.65. The van der Waals surface area contributed by atoms with Crippen LogP contribution in [0, 0.1) is 10.1 Å². The highest BCUT2D eigenvalue weighted by Crippen LogP contribution is 2.23. The van der Waals surface area contributed by atoms with Crippen molar-refractivity contribution in [3.05, 3.63) is 34.4 Å². The molecule has 0 heterocycles. The molecule has 0 spiro atoms. The molecule has 0 saturated carbocycles. The number of rotatable bonds is 5. The Hall–Kier alpha value is -1.67. The lowest BCUT2D eigenvalue weighted by Gasteiger charge is -2.11. The molecule has 0 aliphatic carbocycles. The molecule has 0 aromatic heterocycles. The van der Waals surface area contributed by atoms with Gasteiger partial charge in [-0.2, -0.15) is 13.1 Å². The maximum Gasteiger partial charge on any atom is 0.299 e. The maximum atomic E-state index is 11.5. The Morgan fingerprint density at radius 3 is 2.41 bits per heavy atom. The third-order valence-corrected chi connectivity index (χ3v) is 3.01. The first-order valence-corrected chi connectivity index (χ1v) is 6.33. The molecular weight excluding hydrogens is 246 g/mol. The molecular formula is C9H13N3O4S. The molecule has 0 aliphatic rings. The van der Waals surface area contributed by atoms with Crippen LogP contribution in [0.1, 0.15) is 13.8 Å². The monoisotopic (exact) mass is 259 g/mol. The predicted octanol–water partition coefficient (Wildman–Crippen LogP) is 1.25. The normalized spacial score (nSPS) is 11.5. The van der Waals surface area contributed by atoms with Crippen LogP contribution in [0.4, 0.5) is 11.4 Å². The molecule has 0 bridgehead atoms. The van der Waals surface area contributed by atoms with Gasteiger partial charge in [-0.15, -0.1) is 0 Å². The molecule has 7 nitrogen and oxygen atoms in total. The molecule has 0 unspecified atom stereocenters. The number of nitro groups is 1. The minimum absolute atomic E-state index is 0.0642. The van der Waals surface area contributed by atoms with Crippen molar-refractivity contribution in [3.8, 4) is 0 Å². The first kappa shape index (κ1) is 13.4. The van der Waals surface area contributed by atoms with Crippen molar-refractivity contribution >= 4 is 21.6 Å². The summed E-state index contributed by atoms with van der Waals surface area (Å²) in [5.41, 5.74) is -0.354. The average molecular weight is 259 g/mol. The van der Waals surface area contributed by atoms with Gasteiger partial charge in [-0.1, -0.05) is 12.1 Å². The van der Waals surface area contributed by atoms with E-state index in [9.17, 15) is 18.5 Å². The lowest BCUT2D eigenvalue weighted by Crippen LogP contribution is -2.35. The summed E-state index contributed by atoms with van der Waals surface area (Å²) in [6.07, 6.45) is 0. The molecule has 1 rings (SSSR count). The van der Waals surface area contributed by atoms with Crippen LogP contribution < -0.4 is 9.44 Å². The zero-order valence-electron chi connectivity index (χ0n) is 9.38. The summed E-state index contributed by atoms with van der Waals surface area (Å²) >= 11 is 0. The molecule has 0 saturated heterocycles. The number of hydrogen-bond donors (Lipinski definition) is 2. The van der Waals surface area contributed by atoms with Crippen molar-refractivity contribution in [3.63, 3.8) is 0 Å². The Morgan fingerprint density at radius 2 is 1.88 bits per heavy atom. The number of benzene rings is 1. The number of para-hydroxylation sites is 2. The van der Waals surface area contributed by atoms with E-state index in [-0.39, 0.29) is 17.4 Å². The summed E-state index contributed by atoms with van der Waals surface area (Å²) in [5, 5.41) is 10.7. The van der Waals surface area contributed by atoms with E-state index in [2.05, 4.69) is 9.44 Å². The van der Waals surface area contributed by atoms with Gasteiger partial charge in [0, 0.05) is 12.1 Å².